The lowest BCUT2D eigenvalue weighted by molar-refractivity contribution is 0.781. The maximum Gasteiger partial charge on any atom is 0.254 e. The van der Waals surface area contributed by atoms with Crippen LogP contribution >= 0.6 is 0 Å². The normalized spacial score (nSPS) is 10.6. The fraction of sp³-hybridized carbons (Fsp3) is 0.286. The fourth-order valence-corrected chi connectivity index (χ4v) is 1.80. The van der Waals surface area contributed by atoms with Crippen LogP contribution in [0.5, 0.6) is 0 Å². The van der Waals surface area contributed by atoms with Crippen LogP contribution in [-0.4, -0.2) is 23.6 Å². The topological polar surface area (TPSA) is 57.8 Å². The number of aromatic amines is 1. The van der Waals surface area contributed by atoms with E-state index in [0.717, 1.165) is 17.7 Å². The Morgan fingerprint density at radius 3 is 2.89 bits per heavy atom. The maximum absolute atomic E-state index is 11.9. The van der Waals surface area contributed by atoms with E-state index in [0.29, 0.717) is 17.8 Å². The van der Waals surface area contributed by atoms with Gasteiger partial charge in [-0.3, -0.25) is 4.79 Å². The van der Waals surface area contributed by atoms with Gasteiger partial charge in [-0.2, -0.15) is 0 Å². The highest BCUT2D eigenvalue weighted by Gasteiger charge is 2.04. The van der Waals surface area contributed by atoms with Crippen molar-refractivity contribution in [2.24, 2.45) is 0 Å². The minimum absolute atomic E-state index is 0.0586. The van der Waals surface area contributed by atoms with Crippen molar-refractivity contribution < 1.29 is 0 Å². The Morgan fingerprint density at radius 1 is 1.39 bits per heavy atom. The first kappa shape index (κ1) is 12.5. The van der Waals surface area contributed by atoms with Gasteiger partial charge in [0.15, 0.2) is 0 Å². The Labute approximate surface area is 106 Å². The second-order valence-electron chi connectivity index (χ2n) is 4.31. The van der Waals surface area contributed by atoms with E-state index in [9.17, 15) is 4.79 Å². The Kier molecular flexibility index (Phi) is 3.89. The lowest BCUT2D eigenvalue weighted by atomic mass is 10.1. The van der Waals surface area contributed by atoms with Crippen molar-refractivity contribution in [1.82, 2.24) is 15.3 Å². The molecule has 1 heterocycles. The van der Waals surface area contributed by atoms with E-state index < -0.39 is 0 Å². The summed E-state index contributed by atoms with van der Waals surface area (Å²) in [6.07, 6.45) is 2.35. The van der Waals surface area contributed by atoms with Crippen LogP contribution in [0.2, 0.25) is 0 Å². The van der Waals surface area contributed by atoms with E-state index in [2.05, 4.69) is 15.3 Å². The summed E-state index contributed by atoms with van der Waals surface area (Å²) in [6, 6.07) is 7.92. The van der Waals surface area contributed by atoms with Gasteiger partial charge in [0.1, 0.15) is 5.82 Å². The van der Waals surface area contributed by atoms with Gasteiger partial charge in [0.25, 0.3) is 5.56 Å². The molecule has 1 aromatic carbocycles. The van der Waals surface area contributed by atoms with Gasteiger partial charge in [0.2, 0.25) is 0 Å². The third-order valence-corrected chi connectivity index (χ3v) is 2.81. The molecule has 0 aliphatic rings. The van der Waals surface area contributed by atoms with Crippen LogP contribution in [-0.2, 0) is 6.42 Å². The number of hydrogen-bond donors (Lipinski definition) is 2. The zero-order valence-electron chi connectivity index (χ0n) is 10.7. The number of likely N-dealkylation sites (N-methyl/N-ethyl adjacent to an activating group) is 1. The van der Waals surface area contributed by atoms with Crippen LogP contribution in [0.1, 0.15) is 11.1 Å². The number of nitrogens with one attached hydrogen (secondary N) is 2. The minimum atomic E-state index is -0.0586. The minimum Gasteiger partial charge on any atom is -0.319 e. The molecule has 2 rings (SSSR count). The molecular formula is C14H17N3O. The molecule has 0 saturated heterocycles. The largest absolute Gasteiger partial charge is 0.319 e. The van der Waals surface area contributed by atoms with E-state index in [4.69, 9.17) is 0 Å². The lowest BCUT2D eigenvalue weighted by Gasteiger charge is -2.04. The molecule has 4 heteroatoms. The molecule has 0 saturated carbocycles. The first-order chi connectivity index (χ1) is 8.70. The van der Waals surface area contributed by atoms with Crippen LogP contribution in [0.15, 0.2) is 35.3 Å². The smallest absolute Gasteiger partial charge is 0.254 e. The molecule has 94 valence electrons. The van der Waals surface area contributed by atoms with Crippen LogP contribution in [0, 0.1) is 6.92 Å². The summed E-state index contributed by atoms with van der Waals surface area (Å²) in [5.41, 5.74) is 2.74. The standard InChI is InChI=1S/C14H17N3O/c1-10-4-3-5-11(8-10)13-16-9-12(6-7-15-2)14(18)17-13/h3-5,8-9,15H,6-7H2,1-2H3,(H,16,17,18). The van der Waals surface area contributed by atoms with Crippen LogP contribution in [0.3, 0.4) is 0 Å². The van der Waals surface area contributed by atoms with E-state index in [1.165, 1.54) is 0 Å². The van der Waals surface area contributed by atoms with Crippen LogP contribution < -0.4 is 10.9 Å². The molecule has 0 atom stereocenters. The Balaban J connectivity index is 2.31. The summed E-state index contributed by atoms with van der Waals surface area (Å²) in [4.78, 5) is 19.0. The summed E-state index contributed by atoms with van der Waals surface area (Å²) in [6.45, 7) is 2.79. The third kappa shape index (κ3) is 2.84. The van der Waals surface area contributed by atoms with Crippen molar-refractivity contribution in [3.05, 3.63) is 51.9 Å². The molecule has 2 aromatic rings. The Morgan fingerprint density at radius 2 is 2.22 bits per heavy atom. The lowest BCUT2D eigenvalue weighted by Crippen LogP contribution is -2.19. The van der Waals surface area contributed by atoms with Gasteiger partial charge in [-0.15, -0.1) is 0 Å². The van der Waals surface area contributed by atoms with Gasteiger partial charge >= 0.3 is 0 Å². The highest BCUT2D eigenvalue weighted by Crippen LogP contribution is 2.14. The summed E-state index contributed by atoms with van der Waals surface area (Å²) in [5, 5.41) is 3.02. The highest BCUT2D eigenvalue weighted by atomic mass is 16.1. The van der Waals surface area contributed by atoms with Gasteiger partial charge in [0, 0.05) is 17.3 Å². The fourth-order valence-electron chi connectivity index (χ4n) is 1.80. The predicted molar refractivity (Wildman–Crippen MR) is 72.7 cm³/mol. The average Bonchev–Trinajstić information content (AvgIpc) is 2.37. The van der Waals surface area contributed by atoms with Crippen LogP contribution in [0.25, 0.3) is 11.4 Å². The quantitative estimate of drug-likeness (QED) is 0.855. The molecule has 18 heavy (non-hydrogen) atoms. The highest BCUT2D eigenvalue weighted by molar-refractivity contribution is 5.55. The van der Waals surface area contributed by atoms with Crippen molar-refractivity contribution in [1.29, 1.82) is 0 Å². The average molecular weight is 243 g/mol. The molecule has 0 fully saturated rings. The van der Waals surface area contributed by atoms with Crippen molar-refractivity contribution in [3.8, 4) is 11.4 Å². The van der Waals surface area contributed by atoms with E-state index >= 15 is 0 Å². The molecule has 0 radical (unpaired) electrons. The van der Waals surface area contributed by atoms with Crippen molar-refractivity contribution in [2.45, 2.75) is 13.3 Å². The monoisotopic (exact) mass is 243 g/mol. The first-order valence-corrected chi connectivity index (χ1v) is 6.00. The molecule has 0 spiro atoms. The summed E-state index contributed by atoms with van der Waals surface area (Å²) >= 11 is 0. The second-order valence-corrected chi connectivity index (χ2v) is 4.31. The summed E-state index contributed by atoms with van der Waals surface area (Å²) in [5.74, 6) is 0.622. The zero-order valence-corrected chi connectivity index (χ0v) is 10.7. The molecule has 0 aliphatic carbocycles. The molecule has 0 bridgehead atoms. The van der Waals surface area contributed by atoms with Gasteiger partial charge in [0.05, 0.1) is 0 Å². The van der Waals surface area contributed by atoms with Crippen molar-refractivity contribution in [2.75, 3.05) is 13.6 Å². The maximum atomic E-state index is 11.9. The first-order valence-electron chi connectivity index (χ1n) is 6.00. The number of nitrogens with zero attached hydrogens (tertiary/aromatic N) is 1. The Bertz CT molecular complexity index is 590. The number of hydrogen-bond acceptors (Lipinski definition) is 3. The number of H-pyrrole nitrogens is 1. The van der Waals surface area contributed by atoms with Crippen molar-refractivity contribution >= 4 is 0 Å². The molecule has 0 aliphatic heterocycles. The van der Waals surface area contributed by atoms with E-state index in [-0.39, 0.29) is 5.56 Å². The van der Waals surface area contributed by atoms with Gasteiger partial charge < -0.3 is 10.3 Å². The van der Waals surface area contributed by atoms with Crippen molar-refractivity contribution in [3.63, 3.8) is 0 Å². The van der Waals surface area contributed by atoms with E-state index in [1.807, 2.05) is 38.2 Å². The molecule has 1 aromatic heterocycles. The number of rotatable bonds is 4. The zero-order chi connectivity index (χ0) is 13.0. The van der Waals surface area contributed by atoms with Crippen LogP contribution in [0.4, 0.5) is 0 Å². The van der Waals surface area contributed by atoms with Gasteiger partial charge in [-0.25, -0.2) is 4.98 Å². The third-order valence-electron chi connectivity index (χ3n) is 2.81. The van der Waals surface area contributed by atoms with Gasteiger partial charge in [-0.05, 0) is 33.0 Å². The summed E-state index contributed by atoms with van der Waals surface area (Å²) in [7, 11) is 1.86. The second kappa shape index (κ2) is 5.60. The number of aromatic nitrogens is 2. The molecule has 2 N–H and O–H groups in total. The molecule has 0 unspecified atom stereocenters. The molecule has 4 nitrogen and oxygen atoms in total. The molecular weight excluding hydrogens is 226 g/mol. The number of benzene rings is 1. The number of aryl methyl sites for hydroxylation is 1. The predicted octanol–water partition coefficient (Wildman–Crippen LogP) is 1.51. The van der Waals surface area contributed by atoms with Gasteiger partial charge in [-0.1, -0.05) is 23.8 Å². The summed E-state index contributed by atoms with van der Waals surface area (Å²) < 4.78 is 0. The SMILES string of the molecule is CNCCc1cnc(-c2cccc(C)c2)[nH]c1=O. The van der Waals surface area contributed by atoms with E-state index in [1.54, 1.807) is 6.20 Å². The Hall–Kier alpha value is -1.94. The molecule has 0 amide bonds.